The molecule has 8 nitrogen and oxygen atoms in total. The van der Waals surface area contributed by atoms with Crippen molar-refractivity contribution in [3.63, 3.8) is 0 Å². The normalized spacial score (nSPS) is 14.6. The van der Waals surface area contributed by atoms with Gasteiger partial charge in [0.2, 0.25) is 12.0 Å². The molecular weight excluding hydrogens is 410 g/mol. The smallest absolute Gasteiger partial charge is 0.269 e. The second-order valence-electron chi connectivity index (χ2n) is 7.04. The molecule has 0 saturated heterocycles. The molecule has 0 aliphatic carbocycles. The van der Waals surface area contributed by atoms with Crippen molar-refractivity contribution >= 4 is 11.6 Å². The van der Waals surface area contributed by atoms with Gasteiger partial charge in [-0.15, -0.1) is 10.2 Å². The van der Waals surface area contributed by atoms with E-state index in [1.165, 1.54) is 0 Å². The number of rotatable bonds is 6. The Hall–Kier alpha value is -4.33. The van der Waals surface area contributed by atoms with Crippen LogP contribution in [0.25, 0.3) is 11.5 Å². The van der Waals surface area contributed by atoms with Crippen LogP contribution in [-0.4, -0.2) is 28.8 Å². The second kappa shape index (κ2) is 8.81. The Balaban J connectivity index is 1.19. The monoisotopic (exact) mass is 429 g/mol. The summed E-state index contributed by atoms with van der Waals surface area (Å²) in [6.07, 6.45) is -0.746. The van der Waals surface area contributed by atoms with Crippen LogP contribution < -0.4 is 19.5 Å². The molecule has 0 fully saturated rings. The first-order valence-electron chi connectivity index (χ1n) is 10.0. The third-order valence-electron chi connectivity index (χ3n) is 4.75. The van der Waals surface area contributed by atoms with Crippen LogP contribution in [0.15, 0.2) is 83.3 Å². The number of aromatic nitrogens is 2. The lowest BCUT2D eigenvalue weighted by Gasteiger charge is -2.25. The van der Waals surface area contributed by atoms with E-state index in [1.807, 2.05) is 42.5 Å². The van der Waals surface area contributed by atoms with Crippen LogP contribution in [0.2, 0.25) is 0 Å². The molecule has 0 radical (unpaired) electrons. The van der Waals surface area contributed by atoms with E-state index in [4.69, 9.17) is 18.6 Å². The zero-order valence-electron chi connectivity index (χ0n) is 16.9. The fraction of sp³-hybridized carbons (Fsp3) is 0.125. The van der Waals surface area contributed by atoms with E-state index in [0.29, 0.717) is 34.7 Å². The number of nitrogens with zero attached hydrogens (tertiary/aromatic N) is 2. The van der Waals surface area contributed by atoms with Crippen LogP contribution in [0.3, 0.4) is 0 Å². The minimum absolute atomic E-state index is 0.105. The van der Waals surface area contributed by atoms with Crippen molar-refractivity contribution < 1.29 is 23.4 Å². The molecule has 1 N–H and O–H groups in total. The van der Waals surface area contributed by atoms with Gasteiger partial charge in [-0.3, -0.25) is 4.79 Å². The van der Waals surface area contributed by atoms with Gasteiger partial charge >= 0.3 is 0 Å². The van der Waals surface area contributed by atoms with Crippen molar-refractivity contribution in [3.05, 3.63) is 84.8 Å². The lowest BCUT2D eigenvalue weighted by molar-refractivity contribution is -0.125. The Bertz CT molecular complexity index is 1230. The van der Waals surface area contributed by atoms with Gasteiger partial charge < -0.3 is 23.9 Å². The molecule has 1 aliphatic rings. The molecule has 160 valence electrons. The van der Waals surface area contributed by atoms with Crippen LogP contribution in [0.4, 0.5) is 5.69 Å². The molecule has 1 aromatic heterocycles. The lowest BCUT2D eigenvalue weighted by atomic mass is 10.2. The molecular formula is C24H19N3O5. The highest BCUT2D eigenvalue weighted by molar-refractivity contribution is 5.94. The summed E-state index contributed by atoms with van der Waals surface area (Å²) in [5.74, 6) is 2.20. The summed E-state index contributed by atoms with van der Waals surface area (Å²) in [6.45, 7) is 0.244. The van der Waals surface area contributed by atoms with Crippen LogP contribution in [-0.2, 0) is 11.4 Å². The van der Waals surface area contributed by atoms with Crippen molar-refractivity contribution in [2.75, 3.05) is 11.9 Å². The number of carbonyl (C=O) groups excluding carboxylic acids is 1. The van der Waals surface area contributed by atoms with Gasteiger partial charge in [-0.2, -0.15) is 0 Å². The highest BCUT2D eigenvalue weighted by atomic mass is 16.6. The first-order valence-corrected chi connectivity index (χ1v) is 10.0. The summed E-state index contributed by atoms with van der Waals surface area (Å²) in [6, 6.07) is 23.8. The molecule has 8 heteroatoms. The zero-order valence-corrected chi connectivity index (χ0v) is 16.9. The third-order valence-corrected chi connectivity index (χ3v) is 4.75. The maximum atomic E-state index is 12.6. The van der Waals surface area contributed by atoms with Crippen LogP contribution in [0.5, 0.6) is 17.2 Å². The fourth-order valence-electron chi connectivity index (χ4n) is 3.19. The summed E-state index contributed by atoms with van der Waals surface area (Å²) in [5.41, 5.74) is 1.41. The molecule has 1 atom stereocenters. The van der Waals surface area contributed by atoms with Crippen LogP contribution in [0, 0.1) is 0 Å². The third kappa shape index (κ3) is 4.39. The maximum absolute atomic E-state index is 12.6. The first-order chi connectivity index (χ1) is 15.7. The van der Waals surface area contributed by atoms with Gasteiger partial charge in [0.15, 0.2) is 18.1 Å². The summed E-state index contributed by atoms with van der Waals surface area (Å²) >= 11 is 0. The molecule has 32 heavy (non-hydrogen) atoms. The Labute approximate surface area is 183 Å². The summed E-state index contributed by atoms with van der Waals surface area (Å²) < 4.78 is 22.7. The Morgan fingerprint density at radius 1 is 0.969 bits per heavy atom. The maximum Gasteiger partial charge on any atom is 0.269 e. The molecule has 0 bridgehead atoms. The highest BCUT2D eigenvalue weighted by Gasteiger charge is 2.27. The van der Waals surface area contributed by atoms with E-state index in [9.17, 15) is 4.79 Å². The number of benzene rings is 3. The summed E-state index contributed by atoms with van der Waals surface area (Å²) in [7, 11) is 0. The number of ether oxygens (including phenoxy) is 3. The molecule has 5 rings (SSSR count). The second-order valence-corrected chi connectivity index (χ2v) is 7.04. The Kier molecular flexibility index (Phi) is 5.40. The Morgan fingerprint density at radius 3 is 2.66 bits per heavy atom. The van der Waals surface area contributed by atoms with E-state index < -0.39 is 6.10 Å². The molecule has 1 aliphatic heterocycles. The van der Waals surface area contributed by atoms with Gasteiger partial charge in [-0.1, -0.05) is 36.4 Å². The van der Waals surface area contributed by atoms with Gasteiger partial charge in [-0.25, -0.2) is 0 Å². The molecule has 0 spiro atoms. The average Bonchev–Trinajstić information content (AvgIpc) is 3.32. The summed E-state index contributed by atoms with van der Waals surface area (Å²) in [5, 5.41) is 10.9. The summed E-state index contributed by atoms with van der Waals surface area (Å²) in [4.78, 5) is 12.6. The standard InChI is InChI=1S/C24H19N3O5/c28-23(21-14-30-19-11-4-5-12-20(19)31-21)25-17-9-6-10-18(13-17)29-15-22-26-27-24(32-22)16-7-2-1-3-8-16/h1-13,21H,14-15H2,(H,25,28)/t21-/m0/s1. The fourth-order valence-corrected chi connectivity index (χ4v) is 3.19. The predicted octanol–water partition coefficient (Wildman–Crippen LogP) is 4.09. The van der Waals surface area contributed by atoms with Crippen molar-refractivity contribution in [3.8, 4) is 28.7 Å². The lowest BCUT2D eigenvalue weighted by Crippen LogP contribution is -2.40. The highest BCUT2D eigenvalue weighted by Crippen LogP contribution is 2.31. The van der Waals surface area contributed by atoms with Crippen LogP contribution >= 0.6 is 0 Å². The van der Waals surface area contributed by atoms with Crippen molar-refractivity contribution in [1.29, 1.82) is 0 Å². The van der Waals surface area contributed by atoms with Crippen molar-refractivity contribution in [1.82, 2.24) is 10.2 Å². The van der Waals surface area contributed by atoms with Gasteiger partial charge in [0, 0.05) is 17.3 Å². The largest absolute Gasteiger partial charge is 0.485 e. The van der Waals surface area contributed by atoms with E-state index in [1.54, 1.807) is 36.4 Å². The number of carbonyl (C=O) groups is 1. The number of fused-ring (bicyclic) bond motifs is 1. The number of amides is 1. The number of nitrogens with one attached hydrogen (secondary N) is 1. The van der Waals surface area contributed by atoms with E-state index >= 15 is 0 Å². The van der Waals surface area contributed by atoms with E-state index in [0.717, 1.165) is 5.56 Å². The SMILES string of the molecule is O=C(Nc1cccc(OCc2nnc(-c3ccccc3)o2)c1)[C@@H]1COc2ccccc2O1. The minimum atomic E-state index is -0.746. The first kappa shape index (κ1) is 19.6. The van der Waals surface area contributed by atoms with Crippen molar-refractivity contribution in [2.45, 2.75) is 12.7 Å². The molecule has 2 heterocycles. The number of hydrogen-bond acceptors (Lipinski definition) is 7. The van der Waals surface area contributed by atoms with Gasteiger partial charge in [-0.05, 0) is 36.4 Å². The number of para-hydroxylation sites is 2. The van der Waals surface area contributed by atoms with Gasteiger partial charge in [0.05, 0.1) is 0 Å². The molecule has 0 saturated carbocycles. The molecule has 4 aromatic rings. The van der Waals surface area contributed by atoms with Gasteiger partial charge in [0.1, 0.15) is 12.4 Å². The zero-order chi connectivity index (χ0) is 21.8. The number of hydrogen-bond donors (Lipinski definition) is 1. The molecule has 1 amide bonds. The predicted molar refractivity (Wildman–Crippen MR) is 115 cm³/mol. The molecule has 3 aromatic carbocycles. The van der Waals surface area contributed by atoms with Crippen molar-refractivity contribution in [2.24, 2.45) is 0 Å². The van der Waals surface area contributed by atoms with E-state index in [-0.39, 0.29) is 19.1 Å². The topological polar surface area (TPSA) is 95.7 Å². The van der Waals surface area contributed by atoms with Gasteiger partial charge in [0.25, 0.3) is 11.8 Å². The number of anilines is 1. The molecule has 0 unspecified atom stereocenters. The van der Waals surface area contributed by atoms with E-state index in [2.05, 4.69) is 15.5 Å². The Morgan fingerprint density at radius 2 is 1.78 bits per heavy atom. The van der Waals surface area contributed by atoms with Crippen LogP contribution in [0.1, 0.15) is 5.89 Å². The quantitative estimate of drug-likeness (QED) is 0.493. The average molecular weight is 429 g/mol. The minimum Gasteiger partial charge on any atom is -0.485 e.